The van der Waals surface area contributed by atoms with Gasteiger partial charge in [-0.05, 0) is 18.2 Å². The van der Waals surface area contributed by atoms with Crippen LogP contribution in [0.4, 0.5) is 8.78 Å². The molecule has 0 unspecified atom stereocenters. The van der Waals surface area contributed by atoms with Gasteiger partial charge in [0.2, 0.25) is 0 Å². The van der Waals surface area contributed by atoms with Gasteiger partial charge >= 0.3 is 0 Å². The third kappa shape index (κ3) is 2.04. The molecule has 1 aromatic carbocycles. The number of nitrogens with zero attached hydrogens (tertiary/aromatic N) is 2. The number of hydrogen-bond acceptors (Lipinski definition) is 3. The molecule has 3 aromatic rings. The van der Waals surface area contributed by atoms with Gasteiger partial charge < -0.3 is 4.98 Å². The average molecular weight is 294 g/mol. The lowest BCUT2D eigenvalue weighted by molar-refractivity contribution is 0.602. The Labute approximate surface area is 116 Å². The zero-order valence-electron chi connectivity index (χ0n) is 9.82. The fourth-order valence-electron chi connectivity index (χ4n) is 1.81. The van der Waals surface area contributed by atoms with Crippen LogP contribution >= 0.6 is 11.6 Å². The van der Waals surface area contributed by atoms with Gasteiger partial charge in [0.15, 0.2) is 0 Å². The summed E-state index contributed by atoms with van der Waals surface area (Å²) in [5, 5.41) is -0.0651. The molecule has 0 amide bonds. The number of rotatable bonds is 1. The maximum atomic E-state index is 13.8. The smallest absolute Gasteiger partial charge is 0.260 e. The maximum Gasteiger partial charge on any atom is 0.260 e. The zero-order valence-corrected chi connectivity index (χ0v) is 10.6. The van der Waals surface area contributed by atoms with E-state index in [-0.39, 0.29) is 21.8 Å². The highest BCUT2D eigenvalue weighted by Gasteiger charge is 2.13. The van der Waals surface area contributed by atoms with Crippen molar-refractivity contribution in [1.82, 2.24) is 15.0 Å². The maximum absolute atomic E-state index is 13.8. The third-order valence-electron chi connectivity index (χ3n) is 2.77. The second kappa shape index (κ2) is 4.64. The van der Waals surface area contributed by atoms with Crippen molar-refractivity contribution in [3.63, 3.8) is 0 Å². The van der Waals surface area contributed by atoms with Crippen LogP contribution in [0.15, 0.2) is 35.4 Å². The van der Waals surface area contributed by atoms with Gasteiger partial charge in [-0.2, -0.15) is 0 Å². The van der Waals surface area contributed by atoms with Crippen LogP contribution in [0.3, 0.4) is 0 Å². The molecule has 20 heavy (non-hydrogen) atoms. The Morgan fingerprint density at radius 3 is 2.80 bits per heavy atom. The van der Waals surface area contributed by atoms with E-state index in [9.17, 15) is 13.6 Å². The topological polar surface area (TPSA) is 58.6 Å². The molecule has 0 aliphatic rings. The van der Waals surface area contributed by atoms with Crippen LogP contribution in [0, 0.1) is 11.6 Å². The van der Waals surface area contributed by atoms with Gasteiger partial charge in [-0.15, -0.1) is 0 Å². The van der Waals surface area contributed by atoms with Crippen LogP contribution in [0.5, 0.6) is 0 Å². The predicted octanol–water partition coefficient (Wildman–Crippen LogP) is 2.92. The van der Waals surface area contributed by atoms with Crippen molar-refractivity contribution in [3.05, 3.63) is 57.6 Å². The van der Waals surface area contributed by atoms with Gasteiger partial charge in [0, 0.05) is 12.4 Å². The molecule has 2 aromatic heterocycles. The van der Waals surface area contributed by atoms with Crippen LogP contribution in [0.1, 0.15) is 0 Å². The minimum atomic E-state index is -0.791. The van der Waals surface area contributed by atoms with E-state index < -0.39 is 17.2 Å². The minimum absolute atomic E-state index is 0.0678. The second-order valence-corrected chi connectivity index (χ2v) is 4.46. The molecule has 0 saturated heterocycles. The van der Waals surface area contributed by atoms with Crippen molar-refractivity contribution in [2.75, 3.05) is 0 Å². The fraction of sp³-hybridized carbons (Fsp3) is 0. The number of hydrogen-bond donors (Lipinski definition) is 1. The molecule has 0 spiro atoms. The van der Waals surface area contributed by atoms with E-state index in [1.165, 1.54) is 18.5 Å². The number of pyridine rings is 1. The van der Waals surface area contributed by atoms with Gasteiger partial charge in [0.05, 0.1) is 21.5 Å². The largest absolute Gasteiger partial charge is 0.306 e. The Morgan fingerprint density at radius 2 is 2.00 bits per heavy atom. The van der Waals surface area contributed by atoms with Crippen LogP contribution in [-0.2, 0) is 0 Å². The first-order valence-corrected chi connectivity index (χ1v) is 5.93. The summed E-state index contributed by atoms with van der Waals surface area (Å²) in [6.07, 6.45) is 2.81. The summed E-state index contributed by atoms with van der Waals surface area (Å²) in [7, 11) is 0. The Balaban J connectivity index is 2.30. The number of nitrogens with one attached hydrogen (secondary N) is 1. The van der Waals surface area contributed by atoms with Crippen LogP contribution in [0.25, 0.3) is 22.3 Å². The molecule has 0 aliphatic carbocycles. The molecular weight excluding hydrogens is 288 g/mol. The van der Waals surface area contributed by atoms with Crippen molar-refractivity contribution < 1.29 is 8.78 Å². The molecule has 100 valence electrons. The van der Waals surface area contributed by atoms with Gasteiger partial charge in [0.25, 0.3) is 5.56 Å². The lowest BCUT2D eigenvalue weighted by Crippen LogP contribution is -2.10. The second-order valence-electron chi connectivity index (χ2n) is 4.05. The molecule has 0 atom stereocenters. The lowest BCUT2D eigenvalue weighted by Gasteiger charge is -2.05. The SMILES string of the molecule is O=c1[nH]c(-c2cc(F)c(Cl)cc2F)nc2ccncc12. The van der Waals surface area contributed by atoms with Crippen molar-refractivity contribution in [1.29, 1.82) is 0 Å². The van der Waals surface area contributed by atoms with Crippen molar-refractivity contribution >= 4 is 22.5 Å². The van der Waals surface area contributed by atoms with E-state index in [1.807, 2.05) is 0 Å². The molecule has 2 heterocycles. The Hall–Kier alpha value is -2.34. The highest BCUT2D eigenvalue weighted by Crippen LogP contribution is 2.25. The normalized spacial score (nSPS) is 10.9. The molecule has 0 saturated carbocycles. The van der Waals surface area contributed by atoms with Crippen molar-refractivity contribution in [2.45, 2.75) is 0 Å². The first kappa shape index (κ1) is 12.7. The van der Waals surface area contributed by atoms with E-state index in [0.29, 0.717) is 5.52 Å². The summed E-state index contributed by atoms with van der Waals surface area (Å²) in [6, 6.07) is 3.24. The number of halogens is 3. The van der Waals surface area contributed by atoms with Crippen molar-refractivity contribution in [2.24, 2.45) is 0 Å². The Bertz CT molecular complexity index is 879. The standard InChI is InChI=1S/C13H6ClF2N3O/c14-8-4-9(15)6(3-10(8)16)12-18-11-1-2-17-5-7(11)13(20)19-12/h1-5H,(H,18,19,20). The Morgan fingerprint density at radius 1 is 1.20 bits per heavy atom. The zero-order chi connectivity index (χ0) is 14.3. The number of aromatic amines is 1. The summed E-state index contributed by atoms with van der Waals surface area (Å²) in [6.45, 7) is 0. The molecule has 0 bridgehead atoms. The summed E-state index contributed by atoms with van der Waals surface area (Å²) in [4.78, 5) is 22.2. The summed E-state index contributed by atoms with van der Waals surface area (Å²) < 4.78 is 27.3. The molecule has 4 nitrogen and oxygen atoms in total. The average Bonchev–Trinajstić information content (AvgIpc) is 2.43. The number of H-pyrrole nitrogens is 1. The van der Waals surface area contributed by atoms with Gasteiger partial charge in [0.1, 0.15) is 17.5 Å². The summed E-state index contributed by atoms with van der Waals surface area (Å²) >= 11 is 5.48. The van der Waals surface area contributed by atoms with E-state index in [4.69, 9.17) is 11.6 Å². The summed E-state index contributed by atoms with van der Waals surface area (Å²) in [5.41, 5.74) is -0.302. The monoisotopic (exact) mass is 293 g/mol. The number of fused-ring (bicyclic) bond motifs is 1. The Kier molecular flexibility index (Phi) is 2.94. The van der Waals surface area contributed by atoms with Gasteiger partial charge in [-0.1, -0.05) is 11.6 Å². The predicted molar refractivity (Wildman–Crippen MR) is 70.5 cm³/mol. The van der Waals surface area contributed by atoms with Crippen LogP contribution in [0.2, 0.25) is 5.02 Å². The minimum Gasteiger partial charge on any atom is -0.306 e. The highest BCUT2D eigenvalue weighted by atomic mass is 35.5. The van der Waals surface area contributed by atoms with E-state index in [2.05, 4.69) is 15.0 Å². The van der Waals surface area contributed by atoms with Crippen LogP contribution < -0.4 is 5.56 Å². The highest BCUT2D eigenvalue weighted by molar-refractivity contribution is 6.30. The van der Waals surface area contributed by atoms with Gasteiger partial charge in [-0.3, -0.25) is 9.78 Å². The first-order valence-electron chi connectivity index (χ1n) is 5.55. The third-order valence-corrected chi connectivity index (χ3v) is 3.06. The number of aromatic nitrogens is 3. The molecule has 3 rings (SSSR count). The first-order chi connectivity index (χ1) is 9.56. The van der Waals surface area contributed by atoms with Crippen LogP contribution in [-0.4, -0.2) is 15.0 Å². The molecule has 1 N–H and O–H groups in total. The molecular formula is C13H6ClF2N3O. The molecule has 7 heteroatoms. The number of benzene rings is 1. The van der Waals surface area contributed by atoms with E-state index in [1.54, 1.807) is 0 Å². The lowest BCUT2D eigenvalue weighted by atomic mass is 10.2. The van der Waals surface area contributed by atoms with Gasteiger partial charge in [-0.25, -0.2) is 13.8 Å². The summed E-state index contributed by atoms with van der Waals surface area (Å²) in [5.74, 6) is -1.63. The van der Waals surface area contributed by atoms with E-state index in [0.717, 1.165) is 12.1 Å². The van der Waals surface area contributed by atoms with E-state index >= 15 is 0 Å². The van der Waals surface area contributed by atoms with Crippen molar-refractivity contribution in [3.8, 4) is 11.4 Å². The molecule has 0 radical (unpaired) electrons. The molecule has 0 fully saturated rings. The fourth-order valence-corrected chi connectivity index (χ4v) is 1.96. The quantitative estimate of drug-likeness (QED) is 0.702. The molecule has 0 aliphatic heterocycles.